The first-order chi connectivity index (χ1) is 10.1. The van der Waals surface area contributed by atoms with Gasteiger partial charge in [-0.3, -0.25) is 4.79 Å². The van der Waals surface area contributed by atoms with Gasteiger partial charge in [0.05, 0.1) is 18.2 Å². The normalized spacial score (nSPS) is 10.4. The Balaban J connectivity index is 2.35. The molecule has 1 aromatic carbocycles. The third-order valence-corrected chi connectivity index (χ3v) is 3.70. The van der Waals surface area contributed by atoms with E-state index in [1.54, 1.807) is 0 Å². The average Bonchev–Trinajstić information content (AvgIpc) is 2.45. The first kappa shape index (κ1) is 17.5. The lowest BCUT2D eigenvalue weighted by atomic mass is 10.2. The van der Waals surface area contributed by atoms with Gasteiger partial charge in [-0.25, -0.2) is 0 Å². The quantitative estimate of drug-likeness (QED) is 0.543. The summed E-state index contributed by atoms with van der Waals surface area (Å²) in [5.41, 5.74) is 1.23. The minimum absolute atomic E-state index is 0.0291. The summed E-state index contributed by atoms with van der Waals surface area (Å²) in [4.78, 5) is 12.7. The summed E-state index contributed by atoms with van der Waals surface area (Å²) in [6.45, 7) is 6.64. The molecule has 0 fully saturated rings. The highest BCUT2D eigenvalue weighted by Crippen LogP contribution is 2.18. The Kier molecular flexibility index (Phi) is 8.56. The van der Waals surface area contributed by atoms with Gasteiger partial charge in [0.1, 0.15) is 0 Å². The fraction of sp³-hybridized carbons (Fsp3) is 0.500. The smallest absolute Gasteiger partial charge is 0.230 e. The van der Waals surface area contributed by atoms with Crippen LogP contribution in [0.1, 0.15) is 25.8 Å². The zero-order chi connectivity index (χ0) is 15.5. The molecule has 5 heteroatoms. The summed E-state index contributed by atoms with van der Waals surface area (Å²) in [6, 6.07) is 10.2. The van der Waals surface area contributed by atoms with Crippen molar-refractivity contribution in [2.24, 2.45) is 5.92 Å². The van der Waals surface area contributed by atoms with Crippen molar-refractivity contribution in [3.63, 3.8) is 0 Å². The van der Waals surface area contributed by atoms with E-state index in [9.17, 15) is 4.79 Å². The summed E-state index contributed by atoms with van der Waals surface area (Å²) in [5, 5.41) is 14.5. The van der Waals surface area contributed by atoms with Crippen molar-refractivity contribution >= 4 is 17.7 Å². The molecule has 0 aliphatic rings. The molecule has 0 saturated heterocycles. The highest BCUT2D eigenvalue weighted by atomic mass is 32.2. The lowest BCUT2D eigenvalue weighted by molar-refractivity contribution is -0.118. The Labute approximate surface area is 131 Å². The predicted molar refractivity (Wildman–Crippen MR) is 87.0 cm³/mol. The van der Waals surface area contributed by atoms with Gasteiger partial charge in [-0.15, -0.1) is 11.8 Å². The molecule has 0 aliphatic carbocycles. The van der Waals surface area contributed by atoms with Crippen molar-refractivity contribution in [1.82, 2.24) is 10.6 Å². The number of hydrogen-bond acceptors (Lipinski definition) is 4. The van der Waals surface area contributed by atoms with Gasteiger partial charge >= 0.3 is 0 Å². The number of nitrogens with zero attached hydrogens (tertiary/aromatic N) is 1. The van der Waals surface area contributed by atoms with Crippen LogP contribution in [-0.4, -0.2) is 24.7 Å². The molecule has 21 heavy (non-hydrogen) atoms. The second-order valence-electron chi connectivity index (χ2n) is 5.22. The molecule has 1 amide bonds. The Morgan fingerprint density at radius 2 is 2.24 bits per heavy atom. The van der Waals surface area contributed by atoms with Crippen LogP contribution in [0.15, 0.2) is 29.2 Å². The van der Waals surface area contributed by atoms with E-state index < -0.39 is 0 Å². The molecule has 4 nitrogen and oxygen atoms in total. The Morgan fingerprint density at radius 3 is 2.95 bits per heavy atom. The minimum Gasteiger partial charge on any atom is -0.354 e. The topological polar surface area (TPSA) is 64.9 Å². The first-order valence-electron chi connectivity index (χ1n) is 7.18. The lowest BCUT2D eigenvalue weighted by Gasteiger charge is -2.09. The Morgan fingerprint density at radius 1 is 1.43 bits per heavy atom. The van der Waals surface area contributed by atoms with Crippen molar-refractivity contribution in [3.8, 4) is 6.07 Å². The zero-order valence-electron chi connectivity index (χ0n) is 12.7. The van der Waals surface area contributed by atoms with Crippen LogP contribution in [0.2, 0.25) is 0 Å². The number of nitrogens with one attached hydrogen (secondary N) is 2. The third-order valence-electron chi connectivity index (χ3n) is 2.71. The number of carbonyl (C=O) groups excluding carboxylic acids is 1. The van der Waals surface area contributed by atoms with E-state index >= 15 is 0 Å². The van der Waals surface area contributed by atoms with Crippen LogP contribution in [0.3, 0.4) is 0 Å². The summed E-state index contributed by atoms with van der Waals surface area (Å²) >= 11 is 1.52. The van der Waals surface area contributed by atoms with Crippen molar-refractivity contribution in [2.75, 3.05) is 18.8 Å². The maximum Gasteiger partial charge on any atom is 0.230 e. The molecule has 0 aliphatic heterocycles. The lowest BCUT2D eigenvalue weighted by Crippen LogP contribution is -2.25. The van der Waals surface area contributed by atoms with E-state index in [0.29, 0.717) is 24.6 Å². The van der Waals surface area contributed by atoms with E-state index in [0.717, 1.165) is 18.0 Å². The third kappa shape index (κ3) is 8.38. The van der Waals surface area contributed by atoms with Crippen LogP contribution < -0.4 is 10.6 Å². The molecule has 1 aromatic rings. The van der Waals surface area contributed by atoms with Crippen molar-refractivity contribution in [1.29, 1.82) is 5.26 Å². The van der Waals surface area contributed by atoms with Crippen LogP contribution in [0.5, 0.6) is 0 Å². The molecule has 0 heterocycles. The Bertz CT molecular complexity index is 483. The largest absolute Gasteiger partial charge is 0.354 e. The zero-order valence-corrected chi connectivity index (χ0v) is 13.5. The highest BCUT2D eigenvalue weighted by molar-refractivity contribution is 8.00. The van der Waals surface area contributed by atoms with Crippen LogP contribution >= 0.6 is 11.8 Å². The number of amides is 1. The molecule has 0 atom stereocenters. The standard InChI is InChI=1S/C16H23N3OS/c1-13(2)10-18-11-14-5-3-6-15(9-14)21-12-16(20)19-8-4-7-17/h3,5-6,9,13,18H,4,8,10-12H2,1-2H3,(H,19,20). The maximum atomic E-state index is 11.6. The first-order valence-corrected chi connectivity index (χ1v) is 8.16. The monoisotopic (exact) mass is 305 g/mol. The van der Waals surface area contributed by atoms with Gasteiger partial charge in [0.2, 0.25) is 5.91 Å². The molecule has 0 bridgehead atoms. The number of benzene rings is 1. The van der Waals surface area contributed by atoms with Gasteiger partial charge in [0.25, 0.3) is 0 Å². The SMILES string of the molecule is CC(C)CNCc1cccc(SCC(=O)NCCC#N)c1. The van der Waals surface area contributed by atoms with Gasteiger partial charge in [-0.05, 0) is 30.2 Å². The molecule has 2 N–H and O–H groups in total. The molecule has 0 spiro atoms. The van der Waals surface area contributed by atoms with E-state index in [1.165, 1.54) is 17.3 Å². The van der Waals surface area contributed by atoms with Gasteiger partial charge in [-0.2, -0.15) is 5.26 Å². The van der Waals surface area contributed by atoms with Gasteiger partial charge in [0.15, 0.2) is 0 Å². The second kappa shape index (κ2) is 10.3. The number of thioether (sulfide) groups is 1. The summed E-state index contributed by atoms with van der Waals surface area (Å²) in [5.74, 6) is 0.993. The minimum atomic E-state index is -0.0291. The highest BCUT2D eigenvalue weighted by Gasteiger charge is 2.03. The van der Waals surface area contributed by atoms with Crippen molar-refractivity contribution < 1.29 is 4.79 Å². The van der Waals surface area contributed by atoms with Crippen LogP contribution in [-0.2, 0) is 11.3 Å². The van der Waals surface area contributed by atoms with Crippen molar-refractivity contribution in [3.05, 3.63) is 29.8 Å². The van der Waals surface area contributed by atoms with E-state index in [1.807, 2.05) is 18.2 Å². The molecule has 0 saturated carbocycles. The molecule has 0 unspecified atom stereocenters. The number of hydrogen-bond donors (Lipinski definition) is 2. The van der Waals surface area contributed by atoms with Gasteiger partial charge in [0, 0.05) is 18.0 Å². The molecule has 1 rings (SSSR count). The summed E-state index contributed by atoms with van der Waals surface area (Å²) < 4.78 is 0. The van der Waals surface area contributed by atoms with E-state index in [-0.39, 0.29) is 5.91 Å². The predicted octanol–water partition coefficient (Wildman–Crippen LogP) is 2.55. The number of nitriles is 1. The molecular formula is C16H23N3OS. The molecular weight excluding hydrogens is 282 g/mol. The Hall–Kier alpha value is -1.51. The van der Waals surface area contributed by atoms with Gasteiger partial charge in [-0.1, -0.05) is 26.0 Å². The van der Waals surface area contributed by atoms with E-state index in [2.05, 4.69) is 36.6 Å². The number of rotatable bonds is 9. The molecule has 0 aromatic heterocycles. The molecule has 0 radical (unpaired) electrons. The summed E-state index contributed by atoms with van der Waals surface area (Å²) in [7, 11) is 0. The fourth-order valence-corrected chi connectivity index (χ4v) is 2.52. The molecule has 114 valence electrons. The van der Waals surface area contributed by atoms with Crippen LogP contribution in [0, 0.1) is 17.2 Å². The summed E-state index contributed by atoms with van der Waals surface area (Å²) in [6.07, 6.45) is 0.355. The van der Waals surface area contributed by atoms with Crippen LogP contribution in [0.4, 0.5) is 0 Å². The maximum absolute atomic E-state index is 11.6. The van der Waals surface area contributed by atoms with Gasteiger partial charge < -0.3 is 10.6 Å². The average molecular weight is 305 g/mol. The number of carbonyl (C=O) groups is 1. The van der Waals surface area contributed by atoms with Crippen molar-refractivity contribution in [2.45, 2.75) is 31.7 Å². The second-order valence-corrected chi connectivity index (χ2v) is 6.27. The van der Waals surface area contributed by atoms with E-state index in [4.69, 9.17) is 5.26 Å². The fourth-order valence-electron chi connectivity index (χ4n) is 1.71. The van der Waals surface area contributed by atoms with Crippen LogP contribution in [0.25, 0.3) is 0 Å².